The van der Waals surface area contributed by atoms with Crippen molar-refractivity contribution in [3.05, 3.63) is 30.1 Å². The van der Waals surface area contributed by atoms with Gasteiger partial charge in [-0.3, -0.25) is 14.6 Å². The standard InChI is InChI=1S/C20H29N3O2/c1-22(13-17-8-5-11-21-12-17)20(25)18-9-10-19(24)23(15-18)14-16-6-3-2-4-7-16/h5,8,11-12,16,18H,2-4,6-7,9-10,13-15H2,1H3. The van der Waals surface area contributed by atoms with Gasteiger partial charge in [0.05, 0.1) is 5.92 Å². The molecule has 25 heavy (non-hydrogen) atoms. The van der Waals surface area contributed by atoms with Gasteiger partial charge in [-0.05, 0) is 36.8 Å². The van der Waals surface area contributed by atoms with Gasteiger partial charge in [-0.25, -0.2) is 0 Å². The first-order chi connectivity index (χ1) is 12.1. The molecule has 136 valence electrons. The maximum atomic E-state index is 12.8. The number of aromatic nitrogens is 1. The number of nitrogens with zero attached hydrogens (tertiary/aromatic N) is 3. The molecule has 1 saturated carbocycles. The fourth-order valence-corrected chi connectivity index (χ4v) is 4.13. The van der Waals surface area contributed by atoms with Crippen molar-refractivity contribution in [2.45, 2.75) is 51.5 Å². The molecule has 1 aliphatic carbocycles. The van der Waals surface area contributed by atoms with Gasteiger partial charge in [0, 0.05) is 45.5 Å². The van der Waals surface area contributed by atoms with Crippen molar-refractivity contribution < 1.29 is 9.59 Å². The highest BCUT2D eigenvalue weighted by Gasteiger charge is 2.33. The van der Waals surface area contributed by atoms with Crippen molar-refractivity contribution in [1.29, 1.82) is 0 Å². The summed E-state index contributed by atoms with van der Waals surface area (Å²) < 4.78 is 0. The summed E-state index contributed by atoms with van der Waals surface area (Å²) in [6.45, 7) is 2.00. The SMILES string of the molecule is CN(Cc1cccnc1)C(=O)C1CCC(=O)N(CC2CCCCC2)C1. The van der Waals surface area contributed by atoms with Crippen LogP contribution in [0.4, 0.5) is 0 Å². The maximum Gasteiger partial charge on any atom is 0.227 e. The third-order valence-electron chi connectivity index (χ3n) is 5.57. The minimum absolute atomic E-state index is 0.0667. The van der Waals surface area contributed by atoms with Crippen LogP contribution in [0.2, 0.25) is 0 Å². The molecule has 1 aliphatic heterocycles. The van der Waals surface area contributed by atoms with E-state index in [4.69, 9.17) is 0 Å². The van der Waals surface area contributed by atoms with Gasteiger partial charge in [0.2, 0.25) is 11.8 Å². The minimum atomic E-state index is -0.0667. The van der Waals surface area contributed by atoms with Crippen molar-refractivity contribution in [1.82, 2.24) is 14.8 Å². The highest BCUT2D eigenvalue weighted by atomic mass is 16.2. The zero-order valence-corrected chi connectivity index (χ0v) is 15.2. The Kier molecular flexibility index (Phi) is 6.05. The fraction of sp³-hybridized carbons (Fsp3) is 0.650. The molecular weight excluding hydrogens is 314 g/mol. The lowest BCUT2D eigenvalue weighted by Gasteiger charge is -2.36. The average molecular weight is 343 g/mol. The molecule has 5 nitrogen and oxygen atoms in total. The maximum absolute atomic E-state index is 12.8. The third-order valence-corrected chi connectivity index (χ3v) is 5.57. The Labute approximate surface area is 150 Å². The lowest BCUT2D eigenvalue weighted by molar-refractivity contribution is -0.143. The zero-order chi connectivity index (χ0) is 17.6. The monoisotopic (exact) mass is 343 g/mol. The molecule has 1 atom stereocenters. The van der Waals surface area contributed by atoms with E-state index in [2.05, 4.69) is 4.98 Å². The summed E-state index contributed by atoms with van der Waals surface area (Å²) in [6.07, 6.45) is 11.0. The summed E-state index contributed by atoms with van der Waals surface area (Å²) in [5.74, 6) is 0.928. The molecule has 0 radical (unpaired) electrons. The van der Waals surface area contributed by atoms with Crippen LogP contribution in [0, 0.1) is 11.8 Å². The lowest BCUT2D eigenvalue weighted by atomic mass is 9.87. The van der Waals surface area contributed by atoms with Crippen molar-refractivity contribution in [3.8, 4) is 0 Å². The van der Waals surface area contributed by atoms with Gasteiger partial charge in [0.15, 0.2) is 0 Å². The molecule has 2 amide bonds. The zero-order valence-electron chi connectivity index (χ0n) is 15.2. The second-order valence-corrected chi connectivity index (χ2v) is 7.59. The number of carbonyl (C=O) groups is 2. The van der Waals surface area contributed by atoms with Crippen molar-refractivity contribution in [3.63, 3.8) is 0 Å². The van der Waals surface area contributed by atoms with Gasteiger partial charge in [-0.2, -0.15) is 0 Å². The lowest BCUT2D eigenvalue weighted by Crippen LogP contribution is -2.47. The van der Waals surface area contributed by atoms with Crippen LogP contribution >= 0.6 is 0 Å². The first kappa shape index (κ1) is 17.9. The van der Waals surface area contributed by atoms with E-state index >= 15 is 0 Å². The van der Waals surface area contributed by atoms with Gasteiger partial charge in [-0.15, -0.1) is 0 Å². The van der Waals surface area contributed by atoms with E-state index in [0.29, 0.717) is 31.8 Å². The molecule has 0 aromatic carbocycles. The molecule has 0 bridgehead atoms. The Hall–Kier alpha value is -1.91. The number of likely N-dealkylation sites (tertiary alicyclic amines) is 1. The molecule has 2 heterocycles. The molecular formula is C20H29N3O2. The molecule has 0 N–H and O–H groups in total. The van der Waals surface area contributed by atoms with E-state index in [9.17, 15) is 9.59 Å². The van der Waals surface area contributed by atoms with Crippen LogP contribution in [-0.2, 0) is 16.1 Å². The molecule has 1 unspecified atom stereocenters. The average Bonchev–Trinajstić information content (AvgIpc) is 2.64. The number of carbonyl (C=O) groups excluding carboxylic acids is 2. The first-order valence-electron chi connectivity index (χ1n) is 9.55. The van der Waals surface area contributed by atoms with Crippen LogP contribution in [0.5, 0.6) is 0 Å². The van der Waals surface area contributed by atoms with Gasteiger partial charge in [-0.1, -0.05) is 25.3 Å². The smallest absolute Gasteiger partial charge is 0.227 e. The Morgan fingerprint density at radius 3 is 2.80 bits per heavy atom. The van der Waals surface area contributed by atoms with Crippen LogP contribution in [-0.4, -0.2) is 46.7 Å². The summed E-state index contributed by atoms with van der Waals surface area (Å²) in [4.78, 5) is 32.9. The van der Waals surface area contributed by atoms with E-state index in [1.807, 2.05) is 24.1 Å². The van der Waals surface area contributed by atoms with E-state index < -0.39 is 0 Å². The Bertz CT molecular complexity index is 584. The second kappa shape index (κ2) is 8.45. The summed E-state index contributed by atoms with van der Waals surface area (Å²) in [5, 5.41) is 0. The van der Waals surface area contributed by atoms with Crippen LogP contribution < -0.4 is 0 Å². The highest BCUT2D eigenvalue weighted by molar-refractivity contribution is 5.83. The first-order valence-corrected chi connectivity index (χ1v) is 9.55. The van der Waals surface area contributed by atoms with E-state index in [-0.39, 0.29) is 17.7 Å². The van der Waals surface area contributed by atoms with E-state index in [0.717, 1.165) is 12.1 Å². The summed E-state index contributed by atoms with van der Waals surface area (Å²) in [5.41, 5.74) is 1.03. The van der Waals surface area contributed by atoms with E-state index in [1.165, 1.54) is 32.1 Å². The van der Waals surface area contributed by atoms with Gasteiger partial charge < -0.3 is 9.80 Å². The molecule has 1 aromatic rings. The van der Waals surface area contributed by atoms with Crippen LogP contribution in [0.15, 0.2) is 24.5 Å². The summed E-state index contributed by atoms with van der Waals surface area (Å²) >= 11 is 0. The quantitative estimate of drug-likeness (QED) is 0.826. The number of pyridine rings is 1. The van der Waals surface area contributed by atoms with Crippen LogP contribution in [0.25, 0.3) is 0 Å². The molecule has 2 fully saturated rings. The normalized spacial score (nSPS) is 22.0. The summed E-state index contributed by atoms with van der Waals surface area (Å²) in [7, 11) is 1.84. The highest BCUT2D eigenvalue weighted by Crippen LogP contribution is 2.27. The molecule has 3 rings (SSSR count). The van der Waals surface area contributed by atoms with Crippen molar-refractivity contribution in [2.75, 3.05) is 20.1 Å². The van der Waals surface area contributed by atoms with Crippen LogP contribution in [0.3, 0.4) is 0 Å². The third kappa shape index (κ3) is 4.80. The Morgan fingerprint density at radius 2 is 2.08 bits per heavy atom. The van der Waals surface area contributed by atoms with Gasteiger partial charge in [0.25, 0.3) is 0 Å². The predicted octanol–water partition coefficient (Wildman–Crippen LogP) is 2.86. The number of amides is 2. The molecule has 5 heteroatoms. The van der Waals surface area contributed by atoms with Gasteiger partial charge >= 0.3 is 0 Å². The van der Waals surface area contributed by atoms with E-state index in [1.54, 1.807) is 17.3 Å². The second-order valence-electron chi connectivity index (χ2n) is 7.59. The van der Waals surface area contributed by atoms with Crippen LogP contribution in [0.1, 0.15) is 50.5 Å². The van der Waals surface area contributed by atoms with Crippen molar-refractivity contribution >= 4 is 11.8 Å². The Morgan fingerprint density at radius 1 is 1.28 bits per heavy atom. The summed E-state index contributed by atoms with van der Waals surface area (Å²) in [6, 6.07) is 3.87. The number of hydrogen-bond donors (Lipinski definition) is 0. The fourth-order valence-electron chi connectivity index (χ4n) is 4.13. The number of piperidine rings is 1. The predicted molar refractivity (Wildman–Crippen MR) is 96.6 cm³/mol. The molecule has 2 aliphatic rings. The Balaban J connectivity index is 1.55. The number of rotatable bonds is 5. The number of hydrogen-bond acceptors (Lipinski definition) is 3. The minimum Gasteiger partial charge on any atom is -0.342 e. The van der Waals surface area contributed by atoms with Crippen molar-refractivity contribution in [2.24, 2.45) is 11.8 Å². The van der Waals surface area contributed by atoms with Gasteiger partial charge in [0.1, 0.15) is 0 Å². The molecule has 1 saturated heterocycles. The molecule has 0 spiro atoms. The largest absolute Gasteiger partial charge is 0.342 e. The molecule has 1 aromatic heterocycles. The topological polar surface area (TPSA) is 53.5 Å².